The van der Waals surface area contributed by atoms with Crippen LogP contribution in [0.4, 0.5) is 11.4 Å². The van der Waals surface area contributed by atoms with E-state index in [0.717, 1.165) is 36.5 Å². The van der Waals surface area contributed by atoms with E-state index in [4.69, 9.17) is 11.6 Å². The number of nitrogens with zero attached hydrogens (tertiary/aromatic N) is 2. The Morgan fingerprint density at radius 2 is 1.79 bits per heavy atom. The van der Waals surface area contributed by atoms with Crippen molar-refractivity contribution in [3.8, 4) is 0 Å². The van der Waals surface area contributed by atoms with Gasteiger partial charge in [0, 0.05) is 40.9 Å². The number of thiophene rings is 1. The van der Waals surface area contributed by atoms with Crippen molar-refractivity contribution in [3.05, 3.63) is 69.4 Å². The van der Waals surface area contributed by atoms with Crippen LogP contribution in [-0.4, -0.2) is 52.5 Å². The summed E-state index contributed by atoms with van der Waals surface area (Å²) in [5, 5.41) is 4.87. The first-order chi connectivity index (χ1) is 15.7. The van der Waals surface area contributed by atoms with Gasteiger partial charge in [0.15, 0.2) is 0 Å². The molecule has 1 N–H and O–H groups in total. The molecule has 6 nitrogen and oxygen atoms in total. The Morgan fingerprint density at radius 1 is 1.12 bits per heavy atom. The van der Waals surface area contributed by atoms with E-state index in [1.54, 1.807) is 6.92 Å². The Labute approximate surface area is 203 Å². The van der Waals surface area contributed by atoms with Crippen LogP contribution in [0.25, 0.3) is 0 Å². The number of sulfone groups is 1. The Bertz CT molecular complexity index is 1250. The number of benzene rings is 2. The van der Waals surface area contributed by atoms with Crippen LogP contribution < -0.4 is 10.2 Å². The summed E-state index contributed by atoms with van der Waals surface area (Å²) < 4.78 is 26.0. The summed E-state index contributed by atoms with van der Waals surface area (Å²) in [7, 11) is 0.470. The van der Waals surface area contributed by atoms with Crippen LogP contribution in [0, 0.1) is 6.92 Å². The third kappa shape index (κ3) is 4.94. The molecule has 1 atom stereocenters. The average molecular weight is 504 g/mol. The molecule has 0 bridgehead atoms. The largest absolute Gasteiger partial charge is 0.370 e. The van der Waals surface area contributed by atoms with Gasteiger partial charge in [-0.15, -0.1) is 11.3 Å². The quantitative estimate of drug-likeness (QED) is 0.516. The minimum Gasteiger partial charge on any atom is -0.370 e. The Morgan fingerprint density at radius 3 is 2.39 bits per heavy atom. The lowest BCUT2D eigenvalue weighted by atomic mass is 10.2. The predicted molar refractivity (Wildman–Crippen MR) is 135 cm³/mol. The lowest BCUT2D eigenvalue weighted by Gasteiger charge is -2.22. The van der Waals surface area contributed by atoms with Crippen molar-refractivity contribution in [2.24, 2.45) is 0 Å². The van der Waals surface area contributed by atoms with Crippen molar-refractivity contribution < 1.29 is 13.2 Å². The van der Waals surface area contributed by atoms with Crippen molar-refractivity contribution in [2.45, 2.75) is 29.2 Å². The Kier molecular flexibility index (Phi) is 6.81. The summed E-state index contributed by atoms with van der Waals surface area (Å²) >= 11 is 7.00. The van der Waals surface area contributed by atoms with Crippen LogP contribution in [0.2, 0.25) is 5.02 Å². The summed E-state index contributed by atoms with van der Waals surface area (Å²) in [6.45, 7) is 3.65. The minimum absolute atomic E-state index is 0.139. The average Bonchev–Trinajstić information content (AvgIpc) is 3.42. The smallest absolute Gasteiger partial charge is 0.266 e. The molecule has 1 fully saturated rings. The molecule has 1 unspecified atom stereocenters. The zero-order valence-electron chi connectivity index (χ0n) is 18.7. The highest BCUT2D eigenvalue weighted by atomic mass is 35.5. The fourth-order valence-electron chi connectivity index (χ4n) is 3.97. The molecule has 9 heteroatoms. The molecule has 0 saturated carbocycles. The zero-order valence-corrected chi connectivity index (χ0v) is 21.1. The third-order valence-corrected chi connectivity index (χ3v) is 9.38. The van der Waals surface area contributed by atoms with Crippen molar-refractivity contribution in [1.29, 1.82) is 0 Å². The summed E-state index contributed by atoms with van der Waals surface area (Å²) in [5.74, 6) is -0.323. The molecule has 4 rings (SSSR count). The molecular weight excluding hydrogens is 478 g/mol. The number of carbonyl (C=O) groups excluding carboxylic acids is 1. The SMILES string of the molecule is Cc1c(S(=O)(=O)c2ccc(Cl)cc2)csc1C(=O)Nc1ccc(N2CCC(N(C)C)C2)cc1. The molecule has 1 aliphatic heterocycles. The fraction of sp³-hybridized carbons (Fsp3) is 0.292. The number of hydrogen-bond donors (Lipinski definition) is 1. The predicted octanol–water partition coefficient (Wildman–Crippen LogP) is 4.94. The molecule has 33 heavy (non-hydrogen) atoms. The van der Waals surface area contributed by atoms with Crippen LogP contribution in [0.5, 0.6) is 0 Å². The molecular formula is C24H26ClN3O3S2. The van der Waals surface area contributed by atoms with Crippen LogP contribution in [0.3, 0.4) is 0 Å². The Hall–Kier alpha value is -2.39. The second kappa shape index (κ2) is 9.46. The van der Waals surface area contributed by atoms with Gasteiger partial charge >= 0.3 is 0 Å². The van der Waals surface area contributed by atoms with Crippen molar-refractivity contribution in [2.75, 3.05) is 37.4 Å². The number of likely N-dealkylation sites (N-methyl/N-ethyl adjacent to an activating group) is 1. The standard InChI is InChI=1S/C24H26ClN3O3S2/c1-16-22(33(30,31)21-10-4-17(25)5-11-21)15-32-23(16)24(29)26-18-6-8-19(9-7-18)28-13-12-20(14-28)27(2)3/h4-11,15,20H,12-14H2,1-3H3,(H,26,29). The molecule has 0 aliphatic carbocycles. The van der Waals surface area contributed by atoms with Gasteiger partial charge in [0.2, 0.25) is 9.84 Å². The molecule has 2 aromatic carbocycles. The number of anilines is 2. The highest BCUT2D eigenvalue weighted by Gasteiger charge is 2.26. The number of carbonyl (C=O) groups is 1. The van der Waals surface area contributed by atoms with Gasteiger partial charge in [-0.25, -0.2) is 8.42 Å². The van der Waals surface area contributed by atoms with Gasteiger partial charge < -0.3 is 15.1 Å². The molecule has 1 aromatic heterocycles. The molecule has 0 radical (unpaired) electrons. The molecule has 0 spiro atoms. The topological polar surface area (TPSA) is 69.7 Å². The van der Waals surface area contributed by atoms with E-state index in [0.29, 0.717) is 27.2 Å². The lowest BCUT2D eigenvalue weighted by Crippen LogP contribution is -2.31. The van der Waals surface area contributed by atoms with E-state index in [-0.39, 0.29) is 15.7 Å². The molecule has 1 aliphatic rings. The van der Waals surface area contributed by atoms with Gasteiger partial charge in [-0.05, 0) is 81.5 Å². The summed E-state index contributed by atoms with van der Waals surface area (Å²) in [6.07, 6.45) is 1.13. The van der Waals surface area contributed by atoms with E-state index < -0.39 is 9.84 Å². The van der Waals surface area contributed by atoms with E-state index >= 15 is 0 Å². The normalized spacial score (nSPS) is 16.4. The molecule has 2 heterocycles. The first-order valence-electron chi connectivity index (χ1n) is 10.6. The first-order valence-corrected chi connectivity index (χ1v) is 13.3. The second-order valence-corrected chi connectivity index (χ2v) is 11.6. The third-order valence-electron chi connectivity index (χ3n) is 6.00. The van der Waals surface area contributed by atoms with Crippen molar-refractivity contribution in [1.82, 2.24) is 4.90 Å². The van der Waals surface area contributed by atoms with E-state index in [1.165, 1.54) is 29.6 Å². The molecule has 174 valence electrons. The maximum atomic E-state index is 13.0. The zero-order chi connectivity index (χ0) is 23.8. The van der Waals surface area contributed by atoms with E-state index in [2.05, 4.69) is 29.2 Å². The van der Waals surface area contributed by atoms with Crippen molar-refractivity contribution >= 4 is 50.1 Å². The monoisotopic (exact) mass is 503 g/mol. The molecule has 3 aromatic rings. The highest BCUT2D eigenvalue weighted by molar-refractivity contribution is 7.91. The van der Waals surface area contributed by atoms with E-state index in [9.17, 15) is 13.2 Å². The van der Waals surface area contributed by atoms with Gasteiger partial charge in [0.25, 0.3) is 5.91 Å². The van der Waals surface area contributed by atoms with Crippen LogP contribution in [0.15, 0.2) is 63.7 Å². The van der Waals surface area contributed by atoms with Crippen LogP contribution >= 0.6 is 22.9 Å². The van der Waals surface area contributed by atoms with Gasteiger partial charge in [0.05, 0.1) is 14.7 Å². The summed E-state index contributed by atoms with van der Waals surface area (Å²) in [5.41, 5.74) is 2.24. The maximum absolute atomic E-state index is 13.0. The minimum atomic E-state index is -3.73. The molecule has 1 amide bonds. The number of halogens is 1. The highest BCUT2D eigenvalue weighted by Crippen LogP contribution is 2.32. The number of nitrogens with one attached hydrogen (secondary N) is 1. The van der Waals surface area contributed by atoms with Crippen LogP contribution in [-0.2, 0) is 9.84 Å². The van der Waals surface area contributed by atoms with Crippen LogP contribution in [0.1, 0.15) is 21.7 Å². The van der Waals surface area contributed by atoms with E-state index in [1.807, 2.05) is 24.3 Å². The Balaban J connectivity index is 1.47. The number of rotatable bonds is 6. The second-order valence-electron chi connectivity index (χ2n) is 8.36. The van der Waals surface area contributed by atoms with Crippen molar-refractivity contribution in [3.63, 3.8) is 0 Å². The van der Waals surface area contributed by atoms with Gasteiger partial charge in [0.1, 0.15) is 0 Å². The number of amides is 1. The summed E-state index contributed by atoms with van der Waals surface area (Å²) in [4.78, 5) is 18.1. The first kappa shape index (κ1) is 23.8. The van der Waals surface area contributed by atoms with Gasteiger partial charge in [-0.1, -0.05) is 11.6 Å². The fourth-order valence-corrected chi connectivity index (χ4v) is 6.91. The molecule has 1 saturated heterocycles. The van der Waals surface area contributed by atoms with Gasteiger partial charge in [-0.3, -0.25) is 4.79 Å². The summed E-state index contributed by atoms with van der Waals surface area (Å²) in [6, 6.07) is 14.3. The maximum Gasteiger partial charge on any atom is 0.266 e. The number of hydrogen-bond acceptors (Lipinski definition) is 6. The van der Waals surface area contributed by atoms with Gasteiger partial charge in [-0.2, -0.15) is 0 Å². The lowest BCUT2D eigenvalue weighted by molar-refractivity contribution is 0.103.